The monoisotopic (exact) mass is 1620 g/mol. The highest BCUT2D eigenvalue weighted by Crippen LogP contribution is 2.12. The summed E-state index contributed by atoms with van der Waals surface area (Å²) >= 11 is 1.71. The van der Waals surface area contributed by atoms with Gasteiger partial charge in [0, 0.05) is 87.6 Å². The lowest BCUT2D eigenvalue weighted by Gasteiger charge is -1.92. The van der Waals surface area contributed by atoms with Gasteiger partial charge in [-0.3, -0.25) is 19.6 Å². The van der Waals surface area contributed by atoms with Crippen LogP contribution in [0.25, 0.3) is 32.4 Å². The van der Waals surface area contributed by atoms with Gasteiger partial charge in [-0.05, 0) is 86.9 Å². The van der Waals surface area contributed by atoms with Gasteiger partial charge in [0.15, 0.2) is 0 Å². The standard InChI is InChI=1S/C10H8.2C9H7N.C6H6.C5H5N.2C4H6N2.C4H4N2.C4H4O.C4H4S.C3H3N3.20C2H6/c1-2-6-10-8-4-3-7-9(10)5-1;1-2-6-9-8(4-1)5-3-7-10-9;1-2-4-9-7-10-6-5-8(9)3-1;2*1-2-4-6-5-3-1;1-6-3-2-5-4-6;1-6-4-2-3-5-6;1-2-5-4-6-3-1;2*1-2-4-5-3-1;1-4-2-6-3-5-1;20*1-2/h1-8H;2*1-7H;1-6H;1-5H;2*2-4H,1H3;1-4H;2*1-4H;1-3H;20*1-2H3. The molecule has 0 aliphatic carbocycles. The summed E-state index contributed by atoms with van der Waals surface area (Å²) in [5.41, 5.74) is 1.06. The number of imidazole rings is 1. The summed E-state index contributed by atoms with van der Waals surface area (Å²) < 4.78 is 8.22. The van der Waals surface area contributed by atoms with E-state index in [4.69, 9.17) is 0 Å². The predicted octanol–water partition coefficient (Wildman–Crippen LogP) is 34.8. The Morgan fingerprint density at radius 1 is 0.233 bits per heavy atom. The zero-order valence-electron chi connectivity index (χ0n) is 82.4. The number of nitrogens with zero attached hydrogens (tertiary/aromatic N) is 12. The fraction of sp³-hybridized carbons (Fsp3) is 0.412. The van der Waals surface area contributed by atoms with E-state index in [1.807, 2.05) is 465 Å². The molecule has 0 aliphatic heterocycles. The molecule has 13 nitrogen and oxygen atoms in total. The molecule has 660 valence electrons. The van der Waals surface area contributed by atoms with Crippen LogP contribution in [0.1, 0.15) is 277 Å². The Bertz CT molecular complexity index is 2660. The van der Waals surface area contributed by atoms with Crippen LogP contribution in [0.15, 0.2) is 334 Å². The van der Waals surface area contributed by atoms with Gasteiger partial charge in [-0.25, -0.2) is 29.9 Å². The Labute approximate surface area is 723 Å². The zero-order chi connectivity index (χ0) is 93.3. The molecule has 0 spiro atoms. The molecular formula is C102H180N12OS. The van der Waals surface area contributed by atoms with E-state index in [9.17, 15) is 0 Å². The molecule has 0 radical (unpaired) electrons. The van der Waals surface area contributed by atoms with Crippen LogP contribution in [0, 0.1) is 0 Å². The highest BCUT2D eigenvalue weighted by Gasteiger charge is 1.88. The number of pyridine rings is 3. The van der Waals surface area contributed by atoms with Gasteiger partial charge < -0.3 is 8.98 Å². The van der Waals surface area contributed by atoms with E-state index in [0.717, 1.165) is 5.52 Å². The molecule has 0 N–H and O–H groups in total. The van der Waals surface area contributed by atoms with E-state index >= 15 is 0 Å². The molecule has 116 heavy (non-hydrogen) atoms. The van der Waals surface area contributed by atoms with Gasteiger partial charge in [0.1, 0.15) is 25.3 Å². The van der Waals surface area contributed by atoms with Crippen LogP contribution in [0.5, 0.6) is 0 Å². The molecule has 0 saturated carbocycles. The quantitative estimate of drug-likeness (QED) is 0.143. The van der Waals surface area contributed by atoms with Crippen LogP contribution in [-0.2, 0) is 14.1 Å². The number of para-hydroxylation sites is 1. The first kappa shape index (κ1) is 147. The van der Waals surface area contributed by atoms with Crippen molar-refractivity contribution in [2.24, 2.45) is 14.1 Å². The second-order valence-corrected chi connectivity index (χ2v) is 15.5. The van der Waals surface area contributed by atoms with Gasteiger partial charge in [0.05, 0.1) is 24.4 Å². The molecule has 0 aliphatic rings. The lowest BCUT2D eigenvalue weighted by Crippen LogP contribution is -1.83. The van der Waals surface area contributed by atoms with Crippen molar-refractivity contribution in [2.75, 3.05) is 0 Å². The first-order chi connectivity index (χ1) is 57.7. The Morgan fingerprint density at radius 2 is 0.560 bits per heavy atom. The van der Waals surface area contributed by atoms with E-state index in [1.54, 1.807) is 78.1 Å². The number of furan rings is 1. The maximum atomic E-state index is 4.58. The average molecular weight is 1620 g/mol. The molecule has 0 amide bonds. The third-order valence-corrected chi connectivity index (χ3v) is 9.58. The number of aryl methyl sites for hydroxylation is 2. The minimum Gasteiger partial charge on any atom is -0.473 e. The maximum Gasteiger partial charge on any atom is 0.119 e. The van der Waals surface area contributed by atoms with Crippen LogP contribution < -0.4 is 0 Å². The highest BCUT2D eigenvalue weighted by atomic mass is 32.1. The molecule has 5 aromatic carbocycles. The minimum atomic E-state index is 1.06. The summed E-state index contributed by atoms with van der Waals surface area (Å²) in [6, 6.07) is 68.1. The SMILES string of the molecule is CC.CC.CC.CC.CC.CC.CC.CC.CC.CC.CC.CC.CC.CC.CC.CC.CC.CC.CC.CC.Cn1cccn1.Cn1ccnc1.c1ccc2ccccc2c1.c1ccc2cnccc2c1.c1ccc2ncccc2c1.c1ccccc1.c1ccncc1.c1ccoc1.c1ccsc1.c1cncnc1.c1ncncn1. The summed E-state index contributed by atoms with van der Waals surface area (Å²) in [6.45, 7) is 80.0. The molecule has 0 atom stereocenters. The minimum absolute atomic E-state index is 1.06. The number of hydrogen-bond donors (Lipinski definition) is 0. The Kier molecular flexibility index (Phi) is 225. The molecule has 0 saturated heterocycles. The van der Waals surface area contributed by atoms with E-state index < -0.39 is 0 Å². The normalized spacial score (nSPS) is 6.88. The van der Waals surface area contributed by atoms with Crippen molar-refractivity contribution in [1.29, 1.82) is 0 Å². The average Bonchev–Trinajstić information content (AvgIpc) is 1.08. The molecule has 14 rings (SSSR count). The number of thiophene rings is 1. The summed E-state index contributed by atoms with van der Waals surface area (Å²) in [5.74, 6) is 0. The summed E-state index contributed by atoms with van der Waals surface area (Å²) in [6.07, 6.45) is 30.5. The predicted molar refractivity (Wildman–Crippen MR) is 536 cm³/mol. The third-order valence-electron chi connectivity index (χ3n) is 8.96. The Morgan fingerprint density at radius 3 is 0.776 bits per heavy atom. The van der Waals surface area contributed by atoms with Crippen LogP contribution in [0.4, 0.5) is 0 Å². The van der Waals surface area contributed by atoms with Crippen molar-refractivity contribution in [1.82, 2.24) is 59.2 Å². The van der Waals surface area contributed by atoms with Crippen LogP contribution in [0.3, 0.4) is 0 Å². The smallest absolute Gasteiger partial charge is 0.119 e. The first-order valence-electron chi connectivity index (χ1n) is 43.6. The summed E-state index contributed by atoms with van der Waals surface area (Å²) in [4.78, 5) is 33.8. The molecule has 9 aromatic heterocycles. The van der Waals surface area contributed by atoms with Crippen LogP contribution in [0.2, 0.25) is 0 Å². The molecule has 0 fully saturated rings. The lowest BCUT2D eigenvalue weighted by atomic mass is 10.1. The summed E-state index contributed by atoms with van der Waals surface area (Å²) in [7, 11) is 3.83. The van der Waals surface area contributed by atoms with Crippen molar-refractivity contribution < 1.29 is 4.42 Å². The number of aromatic nitrogens is 12. The van der Waals surface area contributed by atoms with Crippen molar-refractivity contribution in [3.8, 4) is 0 Å². The Hall–Kier alpha value is -10.2. The summed E-state index contributed by atoms with van der Waals surface area (Å²) in [5, 5.41) is 14.2. The second kappa shape index (κ2) is 177. The first-order valence-corrected chi connectivity index (χ1v) is 44.6. The van der Waals surface area contributed by atoms with Gasteiger partial charge in [-0.1, -0.05) is 429 Å². The van der Waals surface area contributed by atoms with Crippen molar-refractivity contribution in [3.05, 3.63) is 329 Å². The Balaban J connectivity index is -0.0000000597. The van der Waals surface area contributed by atoms with E-state index in [-0.39, 0.29) is 0 Å². The van der Waals surface area contributed by atoms with Crippen LogP contribution in [-0.4, -0.2) is 59.2 Å². The maximum absolute atomic E-state index is 4.58. The fourth-order valence-corrected chi connectivity index (χ4v) is 5.91. The van der Waals surface area contributed by atoms with Crippen molar-refractivity contribution >= 4 is 43.8 Å². The van der Waals surface area contributed by atoms with E-state index in [2.05, 4.69) is 127 Å². The molecule has 0 bridgehead atoms. The van der Waals surface area contributed by atoms with Gasteiger partial charge in [0.25, 0.3) is 0 Å². The van der Waals surface area contributed by atoms with Gasteiger partial charge in [0.2, 0.25) is 0 Å². The molecule has 0 unspecified atom stereocenters. The molecular weight excluding hydrogens is 1440 g/mol. The second-order valence-electron chi connectivity index (χ2n) is 14.6. The van der Waals surface area contributed by atoms with E-state index in [0.29, 0.717) is 0 Å². The number of hydrogen-bond acceptors (Lipinski definition) is 12. The molecule has 14 aromatic rings. The van der Waals surface area contributed by atoms with Gasteiger partial charge in [-0.15, -0.1) is 0 Å². The van der Waals surface area contributed by atoms with E-state index in [1.165, 1.54) is 52.2 Å². The zero-order valence-corrected chi connectivity index (χ0v) is 83.2. The van der Waals surface area contributed by atoms with Gasteiger partial charge in [-0.2, -0.15) is 16.4 Å². The van der Waals surface area contributed by atoms with Crippen molar-refractivity contribution in [3.63, 3.8) is 0 Å². The highest BCUT2D eigenvalue weighted by molar-refractivity contribution is 7.07. The molecule has 9 heterocycles. The largest absolute Gasteiger partial charge is 0.473 e. The van der Waals surface area contributed by atoms with Crippen molar-refractivity contribution in [2.45, 2.75) is 277 Å². The molecule has 14 heteroatoms. The van der Waals surface area contributed by atoms with Gasteiger partial charge >= 0.3 is 0 Å². The number of fused-ring (bicyclic) bond motifs is 3. The third kappa shape index (κ3) is 130. The fourth-order valence-electron chi connectivity index (χ4n) is 5.46. The lowest BCUT2D eigenvalue weighted by molar-refractivity contribution is 0.567. The van der Waals surface area contributed by atoms with Crippen LogP contribution >= 0.6 is 11.3 Å². The topological polar surface area (TPSA) is 152 Å². The number of benzene rings is 5. The number of rotatable bonds is 0.